The molecular weight excluding hydrogens is 234 g/mol. The average molecular weight is 245 g/mol. The highest BCUT2D eigenvalue weighted by Crippen LogP contribution is 2.15. The van der Waals surface area contributed by atoms with Gasteiger partial charge < -0.3 is 5.11 Å². The number of carboxylic acid groups (broad SMARTS) is 1. The Hall–Kier alpha value is -1.44. The van der Waals surface area contributed by atoms with E-state index in [-0.39, 0.29) is 10.5 Å². The predicted molar refractivity (Wildman–Crippen MR) is 55.5 cm³/mol. The number of benzene rings is 1. The molecule has 0 saturated carbocycles. The zero-order chi connectivity index (χ0) is 12.3. The molecule has 1 aromatic rings. The minimum Gasteiger partial charge on any atom is -0.478 e. The van der Waals surface area contributed by atoms with Crippen LogP contribution in [0.5, 0.6) is 0 Å². The Morgan fingerprint density at radius 3 is 2.56 bits per heavy atom. The molecule has 0 radical (unpaired) electrons. The van der Waals surface area contributed by atoms with Crippen molar-refractivity contribution >= 4 is 16.0 Å². The summed E-state index contributed by atoms with van der Waals surface area (Å²) in [6, 6.07) is 3.82. The number of carbonyl (C=O) groups is 1. The van der Waals surface area contributed by atoms with Gasteiger partial charge in [0.2, 0.25) is 0 Å². The van der Waals surface area contributed by atoms with Crippen LogP contribution >= 0.6 is 0 Å². The summed E-state index contributed by atoms with van der Waals surface area (Å²) in [6.07, 6.45) is 0. The quantitative estimate of drug-likeness (QED) is 0.755. The fourth-order valence-corrected chi connectivity index (χ4v) is 1.99. The van der Waals surface area contributed by atoms with E-state index in [1.165, 1.54) is 12.1 Å². The van der Waals surface area contributed by atoms with Gasteiger partial charge in [-0.1, -0.05) is 11.0 Å². The molecule has 0 heterocycles. The second-order valence-corrected chi connectivity index (χ2v) is 4.72. The van der Waals surface area contributed by atoms with E-state index in [4.69, 9.17) is 5.11 Å². The molecule has 0 aliphatic rings. The van der Waals surface area contributed by atoms with Crippen LogP contribution < -0.4 is 4.89 Å². The molecule has 7 heteroatoms. The molecule has 1 aromatic carbocycles. The fourth-order valence-electron chi connectivity index (χ4n) is 1.16. The summed E-state index contributed by atoms with van der Waals surface area (Å²) in [5.41, 5.74) is 0.433. The van der Waals surface area contributed by atoms with Crippen LogP contribution in [-0.4, -0.2) is 26.6 Å². The van der Waals surface area contributed by atoms with Gasteiger partial charge in [0.05, 0.1) is 17.6 Å². The lowest BCUT2D eigenvalue weighted by molar-refractivity contribution is 0.0696. The van der Waals surface area contributed by atoms with E-state index in [1.807, 2.05) is 0 Å². The molecule has 0 amide bonds. The molecule has 0 aliphatic heterocycles. The monoisotopic (exact) mass is 245 g/mol. The lowest BCUT2D eigenvalue weighted by Crippen LogP contribution is -2.22. The number of aromatic carboxylic acids is 1. The van der Waals surface area contributed by atoms with Gasteiger partial charge in [-0.2, -0.15) is 0 Å². The molecule has 2 N–H and O–H groups in total. The molecule has 0 saturated heterocycles. The SMILES string of the molecule is CONS(=O)(=O)c1ccc(C)c(C(=O)O)c1. The topological polar surface area (TPSA) is 92.7 Å². The minimum absolute atomic E-state index is 0.0565. The van der Waals surface area contributed by atoms with E-state index < -0.39 is 16.0 Å². The zero-order valence-corrected chi connectivity index (χ0v) is 9.54. The lowest BCUT2D eigenvalue weighted by atomic mass is 10.1. The van der Waals surface area contributed by atoms with Crippen LogP contribution in [0.1, 0.15) is 15.9 Å². The number of sulfonamides is 1. The van der Waals surface area contributed by atoms with Gasteiger partial charge in [-0.3, -0.25) is 4.84 Å². The first-order valence-electron chi connectivity index (χ1n) is 4.27. The molecule has 16 heavy (non-hydrogen) atoms. The van der Waals surface area contributed by atoms with E-state index in [9.17, 15) is 13.2 Å². The Morgan fingerprint density at radius 1 is 1.44 bits per heavy atom. The molecule has 0 unspecified atom stereocenters. The predicted octanol–water partition coefficient (Wildman–Crippen LogP) is 0.533. The van der Waals surface area contributed by atoms with Crippen LogP contribution in [-0.2, 0) is 14.9 Å². The van der Waals surface area contributed by atoms with Crippen LogP contribution in [0.25, 0.3) is 0 Å². The third-order valence-electron chi connectivity index (χ3n) is 1.94. The van der Waals surface area contributed by atoms with Crippen molar-refractivity contribution in [1.82, 2.24) is 4.89 Å². The Morgan fingerprint density at radius 2 is 2.06 bits per heavy atom. The number of hydrogen-bond donors (Lipinski definition) is 2. The van der Waals surface area contributed by atoms with Gasteiger partial charge in [0.25, 0.3) is 10.0 Å². The third-order valence-corrected chi connectivity index (χ3v) is 3.20. The van der Waals surface area contributed by atoms with Crippen molar-refractivity contribution < 1.29 is 23.2 Å². The molecule has 1 rings (SSSR count). The van der Waals surface area contributed by atoms with E-state index >= 15 is 0 Å². The Bertz CT molecular complexity index is 509. The first kappa shape index (κ1) is 12.6. The van der Waals surface area contributed by atoms with Gasteiger partial charge in [0.1, 0.15) is 0 Å². The molecule has 0 atom stereocenters. The zero-order valence-electron chi connectivity index (χ0n) is 8.72. The van der Waals surface area contributed by atoms with E-state index in [2.05, 4.69) is 4.84 Å². The van der Waals surface area contributed by atoms with Gasteiger partial charge in [0, 0.05) is 0 Å². The van der Waals surface area contributed by atoms with Crippen molar-refractivity contribution in [2.45, 2.75) is 11.8 Å². The molecule has 0 fully saturated rings. The molecule has 0 bridgehead atoms. The van der Waals surface area contributed by atoms with E-state index in [0.29, 0.717) is 5.56 Å². The average Bonchev–Trinajstić information content (AvgIpc) is 2.17. The van der Waals surface area contributed by atoms with Crippen molar-refractivity contribution in [3.63, 3.8) is 0 Å². The number of rotatable bonds is 4. The van der Waals surface area contributed by atoms with E-state index in [1.54, 1.807) is 11.8 Å². The molecule has 88 valence electrons. The van der Waals surface area contributed by atoms with Gasteiger partial charge >= 0.3 is 5.97 Å². The van der Waals surface area contributed by atoms with Crippen molar-refractivity contribution in [3.05, 3.63) is 29.3 Å². The van der Waals surface area contributed by atoms with E-state index in [0.717, 1.165) is 13.2 Å². The van der Waals surface area contributed by atoms with Crippen LogP contribution in [0.2, 0.25) is 0 Å². The van der Waals surface area contributed by atoms with Crippen molar-refractivity contribution in [1.29, 1.82) is 0 Å². The van der Waals surface area contributed by atoms with Gasteiger partial charge in [-0.05, 0) is 24.6 Å². The van der Waals surface area contributed by atoms with Gasteiger partial charge in [-0.15, -0.1) is 0 Å². The normalized spacial score (nSPS) is 11.4. The summed E-state index contributed by atoms with van der Waals surface area (Å²) < 4.78 is 23.0. The third kappa shape index (κ3) is 2.57. The standard InChI is InChI=1S/C9H11NO5S/c1-6-3-4-7(5-8(6)9(11)12)16(13,14)10-15-2/h3-5,10H,1-2H3,(H,11,12). The second kappa shape index (κ2) is 4.60. The van der Waals surface area contributed by atoms with Crippen LogP contribution in [0.3, 0.4) is 0 Å². The molecular formula is C9H11NO5S. The van der Waals surface area contributed by atoms with Crippen molar-refractivity contribution in [2.75, 3.05) is 7.11 Å². The second-order valence-electron chi connectivity index (χ2n) is 3.07. The first-order valence-corrected chi connectivity index (χ1v) is 5.75. The van der Waals surface area contributed by atoms with Crippen LogP contribution in [0, 0.1) is 6.92 Å². The van der Waals surface area contributed by atoms with Gasteiger partial charge in [-0.25, -0.2) is 13.2 Å². The van der Waals surface area contributed by atoms with Gasteiger partial charge in [0.15, 0.2) is 0 Å². The summed E-state index contributed by atoms with van der Waals surface area (Å²) in [6.45, 7) is 1.59. The molecule has 0 aliphatic carbocycles. The van der Waals surface area contributed by atoms with Crippen molar-refractivity contribution in [2.24, 2.45) is 0 Å². The summed E-state index contributed by atoms with van der Waals surface area (Å²) >= 11 is 0. The summed E-state index contributed by atoms with van der Waals surface area (Å²) in [4.78, 5) is 16.8. The fraction of sp³-hybridized carbons (Fsp3) is 0.222. The molecule has 6 nitrogen and oxygen atoms in total. The van der Waals surface area contributed by atoms with Crippen LogP contribution in [0.15, 0.2) is 23.1 Å². The summed E-state index contributed by atoms with van der Waals surface area (Å²) in [7, 11) is -2.66. The lowest BCUT2D eigenvalue weighted by Gasteiger charge is -2.06. The maximum atomic E-state index is 11.5. The number of nitrogens with one attached hydrogen (secondary N) is 1. The Labute approximate surface area is 92.9 Å². The number of carboxylic acids is 1. The molecule has 0 spiro atoms. The summed E-state index contributed by atoms with van der Waals surface area (Å²) in [5.74, 6) is -1.17. The smallest absolute Gasteiger partial charge is 0.335 e. The highest BCUT2D eigenvalue weighted by atomic mass is 32.2. The first-order chi connectivity index (χ1) is 7.38. The maximum Gasteiger partial charge on any atom is 0.335 e. The largest absolute Gasteiger partial charge is 0.478 e. The maximum absolute atomic E-state index is 11.5. The van der Waals surface area contributed by atoms with Crippen molar-refractivity contribution in [3.8, 4) is 0 Å². The number of hydrogen-bond acceptors (Lipinski definition) is 4. The van der Waals surface area contributed by atoms with Crippen LogP contribution in [0.4, 0.5) is 0 Å². The Balaban J connectivity index is 3.28. The molecule has 0 aromatic heterocycles. The summed E-state index contributed by atoms with van der Waals surface area (Å²) in [5, 5.41) is 8.84. The number of aryl methyl sites for hydroxylation is 1. The minimum atomic E-state index is -3.82. The highest BCUT2D eigenvalue weighted by Gasteiger charge is 2.17. The highest BCUT2D eigenvalue weighted by molar-refractivity contribution is 7.89. The Kier molecular flexibility index (Phi) is 3.63.